The van der Waals surface area contributed by atoms with Gasteiger partial charge < -0.3 is 10.4 Å². The summed E-state index contributed by atoms with van der Waals surface area (Å²) in [6.45, 7) is 0. The number of carbonyl (C=O) groups is 2. The van der Waals surface area contributed by atoms with Gasteiger partial charge in [0, 0.05) is 16.0 Å². The van der Waals surface area contributed by atoms with Gasteiger partial charge in [-0.3, -0.25) is 9.59 Å². The molecule has 7 heteroatoms. The minimum absolute atomic E-state index is 0.248. The standard InChI is InChI=1S/C19H15ClN2O3S/c20-14-8-4-7-13(9-14)15(10-17(23)24)21-18(25)16-11-26-19(22-16)12-5-2-1-3-6-12/h1-9,11,15H,10H2,(H,21,25)(H,23,24). The van der Waals surface area contributed by atoms with Crippen LogP contribution in [0.4, 0.5) is 0 Å². The van der Waals surface area contributed by atoms with Crippen molar-refractivity contribution >= 4 is 34.8 Å². The molecule has 0 aliphatic carbocycles. The highest BCUT2D eigenvalue weighted by molar-refractivity contribution is 7.13. The smallest absolute Gasteiger partial charge is 0.305 e. The average Bonchev–Trinajstić information content (AvgIpc) is 3.12. The fourth-order valence-electron chi connectivity index (χ4n) is 2.47. The van der Waals surface area contributed by atoms with E-state index in [9.17, 15) is 9.59 Å². The fourth-order valence-corrected chi connectivity index (χ4v) is 3.48. The van der Waals surface area contributed by atoms with E-state index in [4.69, 9.17) is 16.7 Å². The van der Waals surface area contributed by atoms with Gasteiger partial charge in [-0.2, -0.15) is 0 Å². The van der Waals surface area contributed by atoms with Crippen LogP contribution in [0.1, 0.15) is 28.5 Å². The number of hydrogen-bond donors (Lipinski definition) is 2. The number of benzene rings is 2. The summed E-state index contributed by atoms with van der Waals surface area (Å²) in [5, 5.41) is 14.8. The lowest BCUT2D eigenvalue weighted by Crippen LogP contribution is -2.30. The Morgan fingerprint density at radius 3 is 2.62 bits per heavy atom. The number of halogens is 1. The molecule has 5 nitrogen and oxygen atoms in total. The van der Waals surface area contributed by atoms with Gasteiger partial charge in [0.05, 0.1) is 12.5 Å². The number of nitrogens with one attached hydrogen (secondary N) is 1. The van der Waals surface area contributed by atoms with E-state index in [1.165, 1.54) is 11.3 Å². The Morgan fingerprint density at radius 1 is 1.15 bits per heavy atom. The lowest BCUT2D eigenvalue weighted by atomic mass is 10.0. The second-order valence-corrected chi connectivity index (χ2v) is 6.88. The van der Waals surface area contributed by atoms with Gasteiger partial charge in [0.2, 0.25) is 0 Å². The fraction of sp³-hybridized carbons (Fsp3) is 0.105. The number of nitrogens with zero attached hydrogens (tertiary/aromatic N) is 1. The second kappa shape index (κ2) is 8.12. The molecule has 0 radical (unpaired) electrons. The van der Waals surface area contributed by atoms with E-state index in [1.54, 1.807) is 29.6 Å². The molecule has 1 heterocycles. The van der Waals surface area contributed by atoms with E-state index in [0.29, 0.717) is 10.6 Å². The largest absolute Gasteiger partial charge is 0.481 e. The van der Waals surface area contributed by atoms with E-state index in [2.05, 4.69) is 10.3 Å². The monoisotopic (exact) mass is 386 g/mol. The van der Waals surface area contributed by atoms with Crippen LogP contribution < -0.4 is 5.32 Å². The van der Waals surface area contributed by atoms with Crippen molar-refractivity contribution in [1.29, 1.82) is 0 Å². The molecule has 0 bridgehead atoms. The number of aromatic nitrogens is 1. The predicted octanol–water partition coefficient (Wildman–Crippen LogP) is 4.41. The van der Waals surface area contributed by atoms with Gasteiger partial charge in [-0.25, -0.2) is 4.98 Å². The molecule has 0 saturated carbocycles. The van der Waals surface area contributed by atoms with Gasteiger partial charge >= 0.3 is 5.97 Å². The van der Waals surface area contributed by atoms with E-state index in [-0.39, 0.29) is 12.1 Å². The SMILES string of the molecule is O=C(O)CC(NC(=O)c1csc(-c2ccccc2)n1)c1cccc(Cl)c1. The van der Waals surface area contributed by atoms with Crippen LogP contribution in [0.2, 0.25) is 5.02 Å². The first-order chi connectivity index (χ1) is 12.5. The Bertz CT molecular complexity index is 927. The number of amides is 1. The quantitative estimate of drug-likeness (QED) is 0.657. The molecule has 2 aromatic carbocycles. The summed E-state index contributed by atoms with van der Waals surface area (Å²) < 4.78 is 0. The highest BCUT2D eigenvalue weighted by Crippen LogP contribution is 2.25. The molecule has 1 unspecified atom stereocenters. The molecular formula is C19H15ClN2O3S. The van der Waals surface area contributed by atoms with E-state index < -0.39 is 17.9 Å². The molecule has 1 atom stereocenters. The first-order valence-corrected chi connectivity index (χ1v) is 9.08. The first kappa shape index (κ1) is 18.1. The van der Waals surface area contributed by atoms with Gasteiger partial charge in [-0.1, -0.05) is 54.1 Å². The van der Waals surface area contributed by atoms with Crippen LogP contribution in [0.5, 0.6) is 0 Å². The number of carboxylic acids is 1. The maximum absolute atomic E-state index is 12.5. The third-order valence-corrected chi connectivity index (χ3v) is 4.82. The maximum atomic E-state index is 12.5. The minimum Gasteiger partial charge on any atom is -0.481 e. The zero-order chi connectivity index (χ0) is 18.5. The van der Waals surface area contributed by atoms with Crippen molar-refractivity contribution in [2.24, 2.45) is 0 Å². The molecule has 132 valence electrons. The van der Waals surface area contributed by atoms with Crippen LogP contribution in [0.3, 0.4) is 0 Å². The molecule has 0 saturated heterocycles. The average molecular weight is 387 g/mol. The molecule has 0 fully saturated rings. The van der Waals surface area contributed by atoms with Crippen molar-refractivity contribution in [3.8, 4) is 10.6 Å². The minimum atomic E-state index is -1.02. The lowest BCUT2D eigenvalue weighted by Gasteiger charge is -2.17. The zero-order valence-electron chi connectivity index (χ0n) is 13.6. The summed E-state index contributed by atoms with van der Waals surface area (Å²) in [7, 11) is 0. The highest BCUT2D eigenvalue weighted by atomic mass is 35.5. The Balaban J connectivity index is 1.80. The summed E-state index contributed by atoms with van der Waals surface area (Å²) in [6.07, 6.45) is -0.248. The van der Waals surface area contributed by atoms with Crippen LogP contribution >= 0.6 is 22.9 Å². The van der Waals surface area contributed by atoms with Gasteiger partial charge in [0.25, 0.3) is 5.91 Å². The summed E-state index contributed by atoms with van der Waals surface area (Å²) >= 11 is 7.34. The van der Waals surface area contributed by atoms with E-state index >= 15 is 0 Å². The summed E-state index contributed by atoms with van der Waals surface area (Å²) in [6, 6.07) is 15.6. The van der Waals surface area contributed by atoms with Crippen molar-refractivity contribution in [3.05, 3.63) is 76.3 Å². The van der Waals surface area contributed by atoms with E-state index in [0.717, 1.165) is 10.6 Å². The predicted molar refractivity (Wildman–Crippen MR) is 101 cm³/mol. The Morgan fingerprint density at radius 2 is 1.92 bits per heavy atom. The normalized spacial score (nSPS) is 11.7. The molecule has 0 spiro atoms. The Hall–Kier alpha value is -2.70. The molecule has 3 rings (SSSR count). The molecule has 2 N–H and O–H groups in total. The Labute approximate surface area is 159 Å². The molecular weight excluding hydrogens is 372 g/mol. The van der Waals surface area contributed by atoms with Crippen LogP contribution in [-0.2, 0) is 4.79 Å². The van der Waals surface area contributed by atoms with Crippen molar-refractivity contribution in [2.75, 3.05) is 0 Å². The first-order valence-electron chi connectivity index (χ1n) is 7.82. The third kappa shape index (κ3) is 4.47. The summed E-state index contributed by atoms with van der Waals surface area (Å²) in [4.78, 5) is 28.1. The third-order valence-electron chi connectivity index (χ3n) is 3.69. The Kier molecular flexibility index (Phi) is 5.65. The molecule has 0 aliphatic heterocycles. The molecule has 0 aliphatic rings. The molecule has 3 aromatic rings. The molecule has 1 amide bonds. The van der Waals surface area contributed by atoms with Gasteiger partial charge in [-0.05, 0) is 17.7 Å². The van der Waals surface area contributed by atoms with Crippen molar-refractivity contribution in [3.63, 3.8) is 0 Å². The van der Waals surface area contributed by atoms with Crippen molar-refractivity contribution in [1.82, 2.24) is 10.3 Å². The molecule has 26 heavy (non-hydrogen) atoms. The van der Waals surface area contributed by atoms with Crippen LogP contribution in [0, 0.1) is 0 Å². The lowest BCUT2D eigenvalue weighted by molar-refractivity contribution is -0.137. The number of aliphatic carboxylic acids is 1. The maximum Gasteiger partial charge on any atom is 0.305 e. The van der Waals surface area contributed by atoms with Crippen LogP contribution in [-0.4, -0.2) is 22.0 Å². The summed E-state index contributed by atoms with van der Waals surface area (Å²) in [5.41, 5.74) is 1.81. The number of carboxylic acid groups (broad SMARTS) is 1. The van der Waals surface area contributed by atoms with Crippen LogP contribution in [0.15, 0.2) is 60.0 Å². The second-order valence-electron chi connectivity index (χ2n) is 5.58. The number of hydrogen-bond acceptors (Lipinski definition) is 4. The van der Waals surface area contributed by atoms with Crippen molar-refractivity contribution in [2.45, 2.75) is 12.5 Å². The van der Waals surface area contributed by atoms with Crippen molar-refractivity contribution < 1.29 is 14.7 Å². The summed E-state index contributed by atoms with van der Waals surface area (Å²) in [5.74, 6) is -1.44. The highest BCUT2D eigenvalue weighted by Gasteiger charge is 2.21. The van der Waals surface area contributed by atoms with E-state index in [1.807, 2.05) is 30.3 Å². The zero-order valence-corrected chi connectivity index (χ0v) is 15.1. The number of carbonyl (C=O) groups excluding carboxylic acids is 1. The van der Waals surface area contributed by atoms with Gasteiger partial charge in [0.1, 0.15) is 10.7 Å². The number of thiazole rings is 1. The van der Waals surface area contributed by atoms with Gasteiger partial charge in [0.15, 0.2) is 0 Å². The molecule has 1 aromatic heterocycles. The van der Waals surface area contributed by atoms with Gasteiger partial charge in [-0.15, -0.1) is 11.3 Å². The number of rotatable bonds is 6. The topological polar surface area (TPSA) is 79.3 Å². The van der Waals surface area contributed by atoms with Crippen LogP contribution in [0.25, 0.3) is 10.6 Å².